The van der Waals surface area contributed by atoms with Crippen molar-refractivity contribution in [2.45, 2.75) is 20.1 Å². The molecule has 2 heteroatoms. The number of hydrogen-bond acceptors (Lipinski definition) is 2. The summed E-state index contributed by atoms with van der Waals surface area (Å²) in [5.74, 6) is 0. The summed E-state index contributed by atoms with van der Waals surface area (Å²) in [6, 6.07) is 10.6. The van der Waals surface area contributed by atoms with E-state index in [0.29, 0.717) is 13.2 Å². The molecular weight excluding hydrogens is 164 g/mol. The van der Waals surface area contributed by atoms with Crippen LogP contribution in [0.1, 0.15) is 25.7 Å². The molecule has 0 fully saturated rings. The number of rotatable bonds is 5. The van der Waals surface area contributed by atoms with Crippen LogP contribution in [0.15, 0.2) is 24.3 Å². The van der Waals surface area contributed by atoms with E-state index in [0.717, 1.165) is 5.56 Å². The molecule has 13 heavy (non-hydrogen) atoms. The lowest BCUT2D eigenvalue weighted by Gasteiger charge is -2.16. The lowest BCUT2D eigenvalue weighted by atomic mass is 10.2. The Hall–Kier alpha value is -0.860. The van der Waals surface area contributed by atoms with Gasteiger partial charge in [0.25, 0.3) is 0 Å². The normalized spacial score (nSPS) is 10.7. The topological polar surface area (TPSA) is 18.5 Å². The van der Waals surface area contributed by atoms with Gasteiger partial charge in [-0.1, -0.05) is 24.3 Å². The summed E-state index contributed by atoms with van der Waals surface area (Å²) in [5, 5.41) is 0. The minimum absolute atomic E-state index is 0.232. The molecule has 0 amide bonds. The molecular formula is C11H15O2. The van der Waals surface area contributed by atoms with E-state index >= 15 is 0 Å². The first kappa shape index (κ1) is 10.2. The van der Waals surface area contributed by atoms with E-state index in [9.17, 15) is 0 Å². The van der Waals surface area contributed by atoms with E-state index in [1.54, 1.807) is 0 Å². The molecule has 0 saturated carbocycles. The SMILES string of the molecule is CCOC(OCC)c1cc[c]cc1. The van der Waals surface area contributed by atoms with Gasteiger partial charge < -0.3 is 9.47 Å². The first-order valence-electron chi connectivity index (χ1n) is 4.57. The van der Waals surface area contributed by atoms with Gasteiger partial charge in [-0.05, 0) is 19.9 Å². The molecule has 0 heterocycles. The minimum Gasteiger partial charge on any atom is -0.349 e. The molecule has 1 radical (unpaired) electrons. The largest absolute Gasteiger partial charge is 0.349 e. The Bertz CT molecular complexity index is 215. The van der Waals surface area contributed by atoms with Crippen LogP contribution in [-0.4, -0.2) is 13.2 Å². The predicted octanol–water partition coefficient (Wildman–Crippen LogP) is 2.56. The van der Waals surface area contributed by atoms with Crippen molar-refractivity contribution in [2.24, 2.45) is 0 Å². The smallest absolute Gasteiger partial charge is 0.183 e. The summed E-state index contributed by atoms with van der Waals surface area (Å²) in [4.78, 5) is 0. The molecule has 0 aliphatic rings. The predicted molar refractivity (Wildman–Crippen MR) is 51.3 cm³/mol. The van der Waals surface area contributed by atoms with Gasteiger partial charge in [0.15, 0.2) is 6.29 Å². The van der Waals surface area contributed by atoms with E-state index in [2.05, 4.69) is 6.07 Å². The van der Waals surface area contributed by atoms with E-state index in [1.165, 1.54) is 0 Å². The fraction of sp³-hybridized carbons (Fsp3) is 0.455. The third kappa shape index (κ3) is 3.17. The van der Waals surface area contributed by atoms with Crippen LogP contribution in [0.25, 0.3) is 0 Å². The van der Waals surface area contributed by atoms with Crippen LogP contribution < -0.4 is 0 Å². The minimum atomic E-state index is -0.232. The maximum absolute atomic E-state index is 5.43. The van der Waals surface area contributed by atoms with Gasteiger partial charge >= 0.3 is 0 Å². The average Bonchev–Trinajstić information content (AvgIpc) is 2.19. The summed E-state index contributed by atoms with van der Waals surface area (Å²) in [6.45, 7) is 5.23. The molecule has 1 aromatic carbocycles. The fourth-order valence-electron chi connectivity index (χ4n) is 1.10. The van der Waals surface area contributed by atoms with Crippen molar-refractivity contribution in [3.8, 4) is 0 Å². The van der Waals surface area contributed by atoms with Crippen LogP contribution >= 0.6 is 0 Å². The van der Waals surface area contributed by atoms with Gasteiger partial charge in [0.1, 0.15) is 0 Å². The third-order valence-electron chi connectivity index (χ3n) is 1.65. The Labute approximate surface area is 79.5 Å². The van der Waals surface area contributed by atoms with Crippen molar-refractivity contribution in [1.29, 1.82) is 0 Å². The summed E-state index contributed by atoms with van der Waals surface area (Å²) in [6.07, 6.45) is -0.232. The highest BCUT2D eigenvalue weighted by Crippen LogP contribution is 2.17. The fourth-order valence-corrected chi connectivity index (χ4v) is 1.10. The van der Waals surface area contributed by atoms with Crippen LogP contribution in [0, 0.1) is 6.07 Å². The lowest BCUT2D eigenvalue weighted by Crippen LogP contribution is -2.08. The van der Waals surface area contributed by atoms with E-state index < -0.39 is 0 Å². The molecule has 1 aromatic rings. The number of ether oxygens (including phenoxy) is 2. The van der Waals surface area contributed by atoms with E-state index in [4.69, 9.17) is 9.47 Å². The zero-order chi connectivity index (χ0) is 9.52. The Balaban J connectivity index is 2.64. The average molecular weight is 179 g/mol. The Morgan fingerprint density at radius 3 is 2.15 bits per heavy atom. The van der Waals surface area contributed by atoms with Crippen molar-refractivity contribution in [3.63, 3.8) is 0 Å². The van der Waals surface area contributed by atoms with Crippen molar-refractivity contribution in [1.82, 2.24) is 0 Å². The standard InChI is InChI=1S/C11H15O2/c1-3-12-11(13-4-2)10-8-6-5-7-9-10/h6-9,11H,3-4H2,1-2H3. The molecule has 0 N–H and O–H groups in total. The molecule has 0 aliphatic carbocycles. The van der Waals surface area contributed by atoms with Crippen LogP contribution in [-0.2, 0) is 9.47 Å². The maximum Gasteiger partial charge on any atom is 0.183 e. The van der Waals surface area contributed by atoms with Crippen molar-refractivity contribution in [2.75, 3.05) is 13.2 Å². The monoisotopic (exact) mass is 179 g/mol. The summed E-state index contributed by atoms with van der Waals surface area (Å²) >= 11 is 0. The second-order valence-electron chi connectivity index (χ2n) is 2.58. The van der Waals surface area contributed by atoms with Crippen LogP contribution in [0.4, 0.5) is 0 Å². The second-order valence-corrected chi connectivity index (χ2v) is 2.58. The van der Waals surface area contributed by atoms with Gasteiger partial charge in [-0.3, -0.25) is 0 Å². The molecule has 71 valence electrons. The molecule has 2 nitrogen and oxygen atoms in total. The second kappa shape index (κ2) is 5.73. The first-order valence-corrected chi connectivity index (χ1v) is 4.57. The summed E-state index contributed by atoms with van der Waals surface area (Å²) in [5.41, 5.74) is 1.04. The highest BCUT2D eigenvalue weighted by molar-refractivity contribution is 5.15. The van der Waals surface area contributed by atoms with Gasteiger partial charge in [-0.2, -0.15) is 0 Å². The number of hydrogen-bond donors (Lipinski definition) is 0. The maximum atomic E-state index is 5.43. The molecule has 1 rings (SSSR count). The van der Waals surface area contributed by atoms with E-state index in [1.807, 2.05) is 38.1 Å². The highest BCUT2D eigenvalue weighted by Gasteiger charge is 2.09. The number of benzene rings is 1. The lowest BCUT2D eigenvalue weighted by molar-refractivity contribution is -0.140. The molecule has 0 aliphatic heterocycles. The van der Waals surface area contributed by atoms with Crippen LogP contribution in [0.3, 0.4) is 0 Å². The van der Waals surface area contributed by atoms with Crippen molar-refractivity contribution in [3.05, 3.63) is 35.9 Å². The molecule has 0 unspecified atom stereocenters. The molecule has 0 atom stereocenters. The zero-order valence-corrected chi connectivity index (χ0v) is 8.12. The van der Waals surface area contributed by atoms with Crippen molar-refractivity contribution < 1.29 is 9.47 Å². The van der Waals surface area contributed by atoms with Crippen LogP contribution in [0.2, 0.25) is 0 Å². The summed E-state index contributed by atoms with van der Waals surface area (Å²) in [7, 11) is 0. The van der Waals surface area contributed by atoms with Gasteiger partial charge in [0.2, 0.25) is 0 Å². The van der Waals surface area contributed by atoms with Crippen molar-refractivity contribution >= 4 is 0 Å². The quantitative estimate of drug-likeness (QED) is 0.647. The molecule has 0 saturated heterocycles. The van der Waals surface area contributed by atoms with Gasteiger partial charge in [-0.15, -0.1) is 0 Å². The summed E-state index contributed by atoms with van der Waals surface area (Å²) < 4.78 is 10.9. The molecule has 0 aromatic heterocycles. The Morgan fingerprint density at radius 2 is 1.69 bits per heavy atom. The zero-order valence-electron chi connectivity index (χ0n) is 8.12. The Morgan fingerprint density at radius 1 is 1.15 bits per heavy atom. The first-order chi connectivity index (χ1) is 6.38. The molecule has 0 bridgehead atoms. The van der Waals surface area contributed by atoms with Gasteiger partial charge in [0, 0.05) is 18.8 Å². The van der Waals surface area contributed by atoms with Crippen LogP contribution in [0.5, 0.6) is 0 Å². The van der Waals surface area contributed by atoms with Gasteiger partial charge in [0.05, 0.1) is 0 Å². The van der Waals surface area contributed by atoms with E-state index in [-0.39, 0.29) is 6.29 Å². The van der Waals surface area contributed by atoms with Gasteiger partial charge in [-0.25, -0.2) is 0 Å². The third-order valence-corrected chi connectivity index (χ3v) is 1.65. The Kier molecular flexibility index (Phi) is 4.50. The molecule has 0 spiro atoms. The highest BCUT2D eigenvalue weighted by atomic mass is 16.7.